The minimum Gasteiger partial charge on any atom is -0.376 e. The van der Waals surface area contributed by atoms with Gasteiger partial charge >= 0.3 is 6.03 Å². The van der Waals surface area contributed by atoms with E-state index < -0.39 is 0 Å². The van der Waals surface area contributed by atoms with E-state index in [4.69, 9.17) is 4.74 Å². The van der Waals surface area contributed by atoms with E-state index >= 15 is 0 Å². The van der Waals surface area contributed by atoms with Crippen LogP contribution in [0, 0.1) is 0 Å². The van der Waals surface area contributed by atoms with Crippen LogP contribution in [0.2, 0.25) is 0 Å². The van der Waals surface area contributed by atoms with Gasteiger partial charge in [0.1, 0.15) is 5.82 Å². The first-order valence-corrected chi connectivity index (χ1v) is 8.90. The SMILES string of the molecule is O=C(Nc1cnn(CC2CCCO2)c1)Nc1ccnn1Cc1ccccn1. The van der Waals surface area contributed by atoms with Crippen molar-refractivity contribution >= 4 is 17.5 Å². The molecule has 4 rings (SSSR count). The lowest BCUT2D eigenvalue weighted by molar-refractivity contribution is 0.0940. The van der Waals surface area contributed by atoms with E-state index in [1.165, 1.54) is 0 Å². The van der Waals surface area contributed by atoms with Crippen LogP contribution in [0.1, 0.15) is 18.5 Å². The van der Waals surface area contributed by atoms with Crippen molar-refractivity contribution in [2.24, 2.45) is 0 Å². The molecule has 140 valence electrons. The summed E-state index contributed by atoms with van der Waals surface area (Å²) in [6, 6.07) is 7.07. The summed E-state index contributed by atoms with van der Waals surface area (Å²) in [6.07, 6.45) is 9.12. The van der Waals surface area contributed by atoms with Crippen molar-refractivity contribution in [1.82, 2.24) is 24.5 Å². The third-order valence-corrected chi connectivity index (χ3v) is 4.30. The molecular weight excluding hydrogens is 346 g/mol. The highest BCUT2D eigenvalue weighted by atomic mass is 16.5. The second-order valence-electron chi connectivity index (χ2n) is 6.36. The van der Waals surface area contributed by atoms with Gasteiger partial charge < -0.3 is 10.1 Å². The molecule has 9 nitrogen and oxygen atoms in total. The second kappa shape index (κ2) is 8.00. The number of urea groups is 1. The summed E-state index contributed by atoms with van der Waals surface area (Å²) in [6.45, 7) is 1.98. The van der Waals surface area contributed by atoms with Crippen LogP contribution in [0.15, 0.2) is 49.1 Å². The number of rotatable bonds is 6. The van der Waals surface area contributed by atoms with Crippen molar-refractivity contribution < 1.29 is 9.53 Å². The molecule has 1 aliphatic rings. The topological polar surface area (TPSA) is 98.9 Å². The van der Waals surface area contributed by atoms with Gasteiger partial charge in [0.25, 0.3) is 0 Å². The van der Waals surface area contributed by atoms with E-state index in [0.29, 0.717) is 24.6 Å². The number of nitrogens with zero attached hydrogens (tertiary/aromatic N) is 5. The van der Waals surface area contributed by atoms with Gasteiger partial charge in [-0.15, -0.1) is 0 Å². The van der Waals surface area contributed by atoms with Gasteiger partial charge in [-0.2, -0.15) is 10.2 Å². The summed E-state index contributed by atoms with van der Waals surface area (Å²) in [5.41, 5.74) is 1.49. The fraction of sp³-hybridized carbons (Fsp3) is 0.333. The first-order chi connectivity index (χ1) is 13.3. The van der Waals surface area contributed by atoms with E-state index in [1.807, 2.05) is 18.2 Å². The largest absolute Gasteiger partial charge is 0.376 e. The molecule has 0 bridgehead atoms. The van der Waals surface area contributed by atoms with Crippen LogP contribution in [0.4, 0.5) is 16.3 Å². The number of carbonyl (C=O) groups excluding carboxylic acids is 1. The van der Waals surface area contributed by atoms with Gasteiger partial charge in [0.05, 0.1) is 43.0 Å². The maximum atomic E-state index is 12.3. The van der Waals surface area contributed by atoms with E-state index in [0.717, 1.165) is 25.1 Å². The Balaban J connectivity index is 1.33. The van der Waals surface area contributed by atoms with Gasteiger partial charge in [0.2, 0.25) is 0 Å². The van der Waals surface area contributed by atoms with Crippen molar-refractivity contribution in [2.45, 2.75) is 32.0 Å². The number of aromatic nitrogens is 5. The molecule has 27 heavy (non-hydrogen) atoms. The van der Waals surface area contributed by atoms with Crippen LogP contribution in [0.3, 0.4) is 0 Å². The molecule has 0 aliphatic carbocycles. The molecular formula is C18H21N7O2. The number of hydrogen-bond donors (Lipinski definition) is 2. The molecule has 1 aliphatic heterocycles. The molecule has 1 fully saturated rings. The number of ether oxygens (including phenoxy) is 1. The van der Waals surface area contributed by atoms with Crippen molar-refractivity contribution in [3.8, 4) is 0 Å². The summed E-state index contributed by atoms with van der Waals surface area (Å²) in [7, 11) is 0. The van der Waals surface area contributed by atoms with Crippen LogP contribution in [0.25, 0.3) is 0 Å². The number of pyridine rings is 1. The minimum atomic E-state index is -0.352. The van der Waals surface area contributed by atoms with E-state index in [-0.39, 0.29) is 12.1 Å². The highest BCUT2D eigenvalue weighted by Crippen LogP contribution is 2.15. The predicted octanol–water partition coefficient (Wildman–Crippen LogP) is 2.35. The molecule has 1 unspecified atom stereocenters. The summed E-state index contributed by atoms with van der Waals surface area (Å²) >= 11 is 0. The summed E-state index contributed by atoms with van der Waals surface area (Å²) in [4.78, 5) is 16.6. The third kappa shape index (κ3) is 4.50. The molecule has 0 spiro atoms. The number of anilines is 2. The normalized spacial score (nSPS) is 16.4. The van der Waals surface area contributed by atoms with Crippen molar-refractivity contribution in [1.29, 1.82) is 0 Å². The number of hydrogen-bond acceptors (Lipinski definition) is 5. The Kier molecular flexibility index (Phi) is 5.10. The van der Waals surface area contributed by atoms with Gasteiger partial charge in [-0.3, -0.25) is 15.0 Å². The molecule has 2 N–H and O–H groups in total. The van der Waals surface area contributed by atoms with E-state index in [2.05, 4.69) is 25.8 Å². The molecule has 3 aromatic heterocycles. The Morgan fingerprint density at radius 3 is 3.00 bits per heavy atom. The van der Waals surface area contributed by atoms with Gasteiger partial charge in [0.15, 0.2) is 0 Å². The fourth-order valence-corrected chi connectivity index (χ4v) is 3.01. The Labute approximate surface area is 156 Å². The van der Waals surface area contributed by atoms with Crippen LogP contribution in [-0.2, 0) is 17.8 Å². The minimum absolute atomic E-state index is 0.201. The predicted molar refractivity (Wildman–Crippen MR) is 99.4 cm³/mol. The maximum absolute atomic E-state index is 12.3. The Hall–Kier alpha value is -3.20. The Morgan fingerprint density at radius 2 is 2.19 bits per heavy atom. The van der Waals surface area contributed by atoms with Crippen molar-refractivity contribution in [3.05, 3.63) is 54.7 Å². The number of amides is 2. The fourth-order valence-electron chi connectivity index (χ4n) is 3.01. The summed E-state index contributed by atoms with van der Waals surface area (Å²) in [5.74, 6) is 0.588. The zero-order chi connectivity index (χ0) is 18.5. The molecule has 3 aromatic rings. The zero-order valence-electron chi connectivity index (χ0n) is 14.8. The van der Waals surface area contributed by atoms with Crippen molar-refractivity contribution in [3.63, 3.8) is 0 Å². The summed E-state index contributed by atoms with van der Waals surface area (Å²) < 4.78 is 9.08. The lowest BCUT2D eigenvalue weighted by Crippen LogP contribution is -2.21. The molecule has 0 saturated carbocycles. The van der Waals surface area contributed by atoms with Crippen LogP contribution >= 0.6 is 0 Å². The average molecular weight is 367 g/mol. The van der Waals surface area contributed by atoms with Crippen molar-refractivity contribution in [2.75, 3.05) is 17.2 Å². The smallest absolute Gasteiger partial charge is 0.324 e. The quantitative estimate of drug-likeness (QED) is 0.697. The molecule has 9 heteroatoms. The standard InChI is InChI=1S/C18H21N7O2/c26-18(22-15-10-21-24(11-15)13-16-5-3-9-27-16)23-17-6-8-20-25(17)12-14-4-1-2-7-19-14/h1-2,4,6-8,10-11,16H,3,5,9,12-13H2,(H2,22,23,26). The molecule has 0 aromatic carbocycles. The van der Waals surface area contributed by atoms with Crippen LogP contribution < -0.4 is 10.6 Å². The second-order valence-corrected chi connectivity index (χ2v) is 6.36. The molecule has 1 atom stereocenters. The van der Waals surface area contributed by atoms with E-state index in [9.17, 15) is 4.79 Å². The van der Waals surface area contributed by atoms with Crippen LogP contribution in [0.5, 0.6) is 0 Å². The average Bonchev–Trinajstić information content (AvgIpc) is 3.41. The Morgan fingerprint density at radius 1 is 1.22 bits per heavy atom. The lowest BCUT2D eigenvalue weighted by atomic mass is 10.2. The summed E-state index contributed by atoms with van der Waals surface area (Å²) in [5, 5.41) is 14.1. The Bertz CT molecular complexity index is 884. The molecule has 1 saturated heterocycles. The van der Waals surface area contributed by atoms with Gasteiger partial charge in [-0.1, -0.05) is 6.07 Å². The lowest BCUT2D eigenvalue weighted by Gasteiger charge is -2.09. The molecule has 4 heterocycles. The first kappa shape index (κ1) is 17.2. The van der Waals surface area contributed by atoms with E-state index in [1.54, 1.807) is 40.2 Å². The highest BCUT2D eigenvalue weighted by molar-refractivity contribution is 5.99. The maximum Gasteiger partial charge on any atom is 0.324 e. The highest BCUT2D eigenvalue weighted by Gasteiger charge is 2.16. The zero-order valence-corrected chi connectivity index (χ0v) is 14.8. The third-order valence-electron chi connectivity index (χ3n) is 4.30. The number of nitrogens with one attached hydrogen (secondary N) is 2. The first-order valence-electron chi connectivity index (χ1n) is 8.90. The van der Waals surface area contributed by atoms with Gasteiger partial charge in [0, 0.05) is 25.1 Å². The molecule has 2 amide bonds. The monoisotopic (exact) mass is 367 g/mol. The molecule has 0 radical (unpaired) electrons. The van der Waals surface area contributed by atoms with Gasteiger partial charge in [-0.25, -0.2) is 9.48 Å². The van der Waals surface area contributed by atoms with Gasteiger partial charge in [-0.05, 0) is 25.0 Å². The van der Waals surface area contributed by atoms with Crippen LogP contribution in [-0.4, -0.2) is 43.3 Å². The number of carbonyl (C=O) groups is 1.